The number of hydrogen-bond donors (Lipinski definition) is 1. The first kappa shape index (κ1) is 21.8. The van der Waals surface area contributed by atoms with E-state index in [0.29, 0.717) is 28.4 Å². The van der Waals surface area contributed by atoms with Crippen LogP contribution in [0.3, 0.4) is 0 Å². The highest BCUT2D eigenvalue weighted by Gasteiger charge is 2.15. The molecule has 0 saturated carbocycles. The molecule has 0 atom stereocenters. The topological polar surface area (TPSA) is 111 Å². The number of nitrogens with zero attached hydrogens (tertiary/aromatic N) is 4. The van der Waals surface area contributed by atoms with Crippen molar-refractivity contribution in [1.29, 1.82) is 0 Å². The third kappa shape index (κ3) is 5.00. The van der Waals surface area contributed by atoms with Crippen LogP contribution in [0.25, 0.3) is 11.3 Å². The Morgan fingerprint density at radius 3 is 2.53 bits per heavy atom. The molecule has 1 N–H and O–H groups in total. The Balaban J connectivity index is 1.66. The van der Waals surface area contributed by atoms with Crippen LogP contribution in [0.2, 0.25) is 0 Å². The number of benzene rings is 1. The fourth-order valence-corrected chi connectivity index (χ4v) is 4.20. The molecule has 0 bridgehead atoms. The number of thioether (sulfide) groups is 1. The summed E-state index contributed by atoms with van der Waals surface area (Å²) in [5.41, 5.74) is 4.62. The van der Waals surface area contributed by atoms with Gasteiger partial charge >= 0.3 is 0 Å². The number of aryl methyl sites for hydroxylation is 3. The van der Waals surface area contributed by atoms with Crippen molar-refractivity contribution in [3.63, 3.8) is 0 Å². The van der Waals surface area contributed by atoms with Crippen molar-refractivity contribution in [2.45, 2.75) is 38.8 Å². The fourth-order valence-electron chi connectivity index (χ4n) is 3.01. The van der Waals surface area contributed by atoms with E-state index in [1.165, 1.54) is 29.2 Å². The van der Waals surface area contributed by atoms with Gasteiger partial charge in [-0.05, 0) is 39.0 Å². The summed E-state index contributed by atoms with van der Waals surface area (Å²) < 4.78 is 0. The number of thiazole rings is 1. The summed E-state index contributed by atoms with van der Waals surface area (Å²) in [5, 5.41) is 16.9. The van der Waals surface area contributed by atoms with Gasteiger partial charge in [0, 0.05) is 40.4 Å². The zero-order chi connectivity index (χ0) is 21.8. The van der Waals surface area contributed by atoms with Gasteiger partial charge in [-0.25, -0.2) is 15.0 Å². The van der Waals surface area contributed by atoms with Gasteiger partial charge in [0.15, 0.2) is 10.3 Å². The molecule has 0 fully saturated rings. The summed E-state index contributed by atoms with van der Waals surface area (Å²) in [7, 11) is 0. The fraction of sp³-hybridized carbons (Fsp3) is 0.300. The van der Waals surface area contributed by atoms with Crippen LogP contribution < -0.4 is 5.32 Å². The second kappa shape index (κ2) is 9.31. The minimum Gasteiger partial charge on any atom is -0.302 e. The number of nitrogens with one attached hydrogen (secondary N) is 1. The van der Waals surface area contributed by atoms with Crippen LogP contribution in [0.15, 0.2) is 28.7 Å². The van der Waals surface area contributed by atoms with E-state index in [2.05, 4.69) is 20.3 Å². The average Bonchev–Trinajstić information content (AvgIpc) is 3.15. The molecule has 156 valence electrons. The number of aromatic nitrogens is 3. The quantitative estimate of drug-likeness (QED) is 0.243. The average molecular weight is 444 g/mol. The number of carbonyl (C=O) groups is 1. The highest BCUT2D eigenvalue weighted by atomic mass is 32.2. The maximum Gasteiger partial charge on any atom is 0.272 e. The van der Waals surface area contributed by atoms with Crippen LogP contribution in [0.5, 0.6) is 0 Å². The summed E-state index contributed by atoms with van der Waals surface area (Å²) in [5.74, 6) is -0.154. The summed E-state index contributed by atoms with van der Waals surface area (Å²) >= 11 is 2.77. The van der Waals surface area contributed by atoms with E-state index < -0.39 is 4.92 Å². The molecular weight excluding hydrogens is 422 g/mol. The molecule has 2 heterocycles. The molecule has 0 spiro atoms. The maximum absolute atomic E-state index is 12.4. The SMILES string of the molecule is CSc1nc(C)c(CCC(=O)Nc2nc(-c3ccc(C)c([N+](=O)[O-])c3)cs2)c(C)n1. The van der Waals surface area contributed by atoms with Crippen molar-refractivity contribution < 1.29 is 9.72 Å². The molecule has 30 heavy (non-hydrogen) atoms. The Hall–Kier alpha value is -2.85. The second-order valence-corrected chi connectivity index (χ2v) is 8.34. The molecular formula is C20H21N5O3S2. The molecule has 1 aromatic carbocycles. The van der Waals surface area contributed by atoms with Crippen molar-refractivity contribution in [3.05, 3.63) is 56.2 Å². The number of nitro groups is 1. The van der Waals surface area contributed by atoms with Gasteiger partial charge in [-0.3, -0.25) is 14.9 Å². The molecule has 0 unspecified atom stereocenters. The van der Waals surface area contributed by atoms with Crippen LogP contribution in [0.4, 0.5) is 10.8 Å². The molecule has 3 aromatic rings. The number of nitro benzene ring substituents is 1. The van der Waals surface area contributed by atoms with Crippen molar-refractivity contribution in [3.8, 4) is 11.3 Å². The molecule has 1 amide bonds. The van der Waals surface area contributed by atoms with E-state index in [-0.39, 0.29) is 18.0 Å². The number of hydrogen-bond acceptors (Lipinski definition) is 8. The zero-order valence-electron chi connectivity index (χ0n) is 17.1. The molecule has 0 radical (unpaired) electrons. The van der Waals surface area contributed by atoms with Crippen molar-refractivity contribution in [1.82, 2.24) is 15.0 Å². The van der Waals surface area contributed by atoms with Crippen molar-refractivity contribution in [2.24, 2.45) is 0 Å². The number of amides is 1. The lowest BCUT2D eigenvalue weighted by Gasteiger charge is -2.09. The Kier molecular flexibility index (Phi) is 6.78. The van der Waals surface area contributed by atoms with Gasteiger partial charge in [0.25, 0.3) is 5.69 Å². The van der Waals surface area contributed by atoms with Gasteiger partial charge in [-0.2, -0.15) is 0 Å². The van der Waals surface area contributed by atoms with E-state index >= 15 is 0 Å². The summed E-state index contributed by atoms with van der Waals surface area (Å²) in [6.07, 6.45) is 2.76. The van der Waals surface area contributed by atoms with Crippen LogP contribution in [-0.2, 0) is 11.2 Å². The van der Waals surface area contributed by atoms with E-state index in [1.807, 2.05) is 20.1 Å². The van der Waals surface area contributed by atoms with Crippen molar-refractivity contribution >= 4 is 39.8 Å². The van der Waals surface area contributed by atoms with Crippen molar-refractivity contribution in [2.75, 3.05) is 11.6 Å². The summed E-state index contributed by atoms with van der Waals surface area (Å²) in [6, 6.07) is 4.98. The molecule has 3 rings (SSSR count). The van der Waals surface area contributed by atoms with E-state index in [4.69, 9.17) is 0 Å². The summed E-state index contributed by atoms with van der Waals surface area (Å²) in [6.45, 7) is 5.54. The number of anilines is 1. The largest absolute Gasteiger partial charge is 0.302 e. The van der Waals surface area contributed by atoms with Gasteiger partial charge in [0.2, 0.25) is 5.91 Å². The zero-order valence-corrected chi connectivity index (χ0v) is 18.7. The lowest BCUT2D eigenvalue weighted by molar-refractivity contribution is -0.385. The maximum atomic E-state index is 12.4. The molecule has 2 aromatic heterocycles. The predicted molar refractivity (Wildman–Crippen MR) is 119 cm³/mol. The van der Waals surface area contributed by atoms with Gasteiger partial charge in [-0.15, -0.1) is 11.3 Å². The molecule has 0 saturated heterocycles. The summed E-state index contributed by atoms with van der Waals surface area (Å²) in [4.78, 5) is 36.4. The lowest BCUT2D eigenvalue weighted by Crippen LogP contribution is -2.13. The second-order valence-electron chi connectivity index (χ2n) is 6.70. The van der Waals surface area contributed by atoms with E-state index in [9.17, 15) is 14.9 Å². The van der Waals surface area contributed by atoms with Gasteiger partial charge in [0.05, 0.1) is 10.6 Å². The third-order valence-electron chi connectivity index (χ3n) is 4.64. The van der Waals surface area contributed by atoms with Crippen LogP contribution in [-0.4, -0.2) is 32.0 Å². The van der Waals surface area contributed by atoms with E-state index in [0.717, 1.165) is 22.1 Å². The van der Waals surface area contributed by atoms with E-state index in [1.54, 1.807) is 24.4 Å². The van der Waals surface area contributed by atoms with Gasteiger partial charge in [0.1, 0.15) is 0 Å². The van der Waals surface area contributed by atoms with Gasteiger partial charge < -0.3 is 5.32 Å². The monoisotopic (exact) mass is 443 g/mol. The van der Waals surface area contributed by atoms with Gasteiger partial charge in [-0.1, -0.05) is 23.9 Å². The molecule has 0 aliphatic heterocycles. The van der Waals surface area contributed by atoms with Crippen LogP contribution in [0.1, 0.15) is 28.9 Å². The first-order valence-electron chi connectivity index (χ1n) is 9.17. The molecule has 0 aliphatic carbocycles. The van der Waals surface area contributed by atoms with Crippen LogP contribution in [0, 0.1) is 30.9 Å². The first-order valence-corrected chi connectivity index (χ1v) is 11.3. The number of carbonyl (C=O) groups excluding carboxylic acids is 1. The molecule has 8 nitrogen and oxygen atoms in total. The Morgan fingerprint density at radius 2 is 1.90 bits per heavy atom. The Labute approximate surface area is 182 Å². The minimum absolute atomic E-state index is 0.0477. The highest BCUT2D eigenvalue weighted by Crippen LogP contribution is 2.29. The minimum atomic E-state index is -0.409. The normalized spacial score (nSPS) is 10.8. The smallest absolute Gasteiger partial charge is 0.272 e. The third-order valence-corrected chi connectivity index (χ3v) is 5.94. The Morgan fingerprint density at radius 1 is 1.20 bits per heavy atom. The first-order chi connectivity index (χ1) is 14.3. The standard InChI is InChI=1S/C20H21N5O3S2/c1-11-5-6-14(9-17(11)25(27)28)16-10-30-20(23-16)24-18(26)8-7-15-12(2)21-19(29-4)22-13(15)3/h5-6,9-10H,7-8H2,1-4H3,(H,23,24,26). The molecule has 0 aliphatic rings. The Bertz CT molecular complexity index is 1090. The highest BCUT2D eigenvalue weighted by molar-refractivity contribution is 7.98. The molecule has 10 heteroatoms. The lowest BCUT2D eigenvalue weighted by atomic mass is 10.1. The predicted octanol–water partition coefficient (Wildman–Crippen LogP) is 4.73. The van der Waals surface area contributed by atoms with Crippen LogP contribution >= 0.6 is 23.1 Å². The number of rotatable bonds is 7.